The van der Waals surface area contributed by atoms with E-state index in [0.29, 0.717) is 36.7 Å². The van der Waals surface area contributed by atoms with Gasteiger partial charge >= 0.3 is 0 Å². The molecule has 1 saturated carbocycles. The van der Waals surface area contributed by atoms with E-state index in [-0.39, 0.29) is 47.3 Å². The van der Waals surface area contributed by atoms with Gasteiger partial charge in [0.25, 0.3) is 0 Å². The summed E-state index contributed by atoms with van der Waals surface area (Å²) in [4.78, 5) is 0. The van der Waals surface area contributed by atoms with Crippen LogP contribution in [-0.2, 0) is 6.42 Å². The highest BCUT2D eigenvalue weighted by Gasteiger charge is 2.30. The molecule has 0 saturated heterocycles. The molecule has 0 amide bonds. The summed E-state index contributed by atoms with van der Waals surface area (Å²) < 4.78 is 98.9. The van der Waals surface area contributed by atoms with Crippen LogP contribution in [0.3, 0.4) is 0 Å². The van der Waals surface area contributed by atoms with Gasteiger partial charge in [-0.15, -0.1) is 0 Å². The molecule has 5 rings (SSSR count). The Bertz CT molecular complexity index is 1510. The topological polar surface area (TPSA) is 18.5 Å². The third-order valence-electron chi connectivity index (χ3n) is 9.20. The molecule has 3 aromatic carbocycles. The van der Waals surface area contributed by atoms with Gasteiger partial charge in [-0.2, -0.15) is 8.78 Å². The Labute approximate surface area is 255 Å². The van der Waals surface area contributed by atoms with Crippen molar-refractivity contribution in [3.05, 3.63) is 88.5 Å². The molecule has 0 N–H and O–H groups in total. The van der Waals surface area contributed by atoms with E-state index in [4.69, 9.17) is 9.47 Å². The van der Waals surface area contributed by atoms with Crippen LogP contribution in [0, 0.1) is 52.7 Å². The molecule has 2 nitrogen and oxygen atoms in total. The third-order valence-corrected chi connectivity index (χ3v) is 9.20. The molecule has 1 fully saturated rings. The fourth-order valence-electron chi connectivity index (χ4n) is 6.72. The minimum Gasteiger partial charge on any atom is -0.491 e. The second kappa shape index (κ2) is 14.1. The van der Waals surface area contributed by atoms with Crippen molar-refractivity contribution in [3.8, 4) is 22.6 Å². The summed E-state index contributed by atoms with van der Waals surface area (Å²) in [6.07, 6.45) is 9.10. The van der Waals surface area contributed by atoms with Gasteiger partial charge in [0.1, 0.15) is 0 Å². The smallest absolute Gasteiger partial charge is 0.201 e. The maximum absolute atomic E-state index is 15.0. The quantitative estimate of drug-likeness (QED) is 0.211. The number of benzene rings is 3. The summed E-state index contributed by atoms with van der Waals surface area (Å²) >= 11 is 0. The van der Waals surface area contributed by atoms with Crippen LogP contribution in [0.4, 0.5) is 26.3 Å². The second-order valence-corrected chi connectivity index (χ2v) is 11.9. The summed E-state index contributed by atoms with van der Waals surface area (Å²) in [5.74, 6) is -5.73. The Hall–Kier alpha value is -3.42. The number of ether oxygens (including phenoxy) is 2. The van der Waals surface area contributed by atoms with Crippen LogP contribution >= 0.6 is 0 Å². The normalized spacial score (nSPS) is 20.4. The van der Waals surface area contributed by atoms with E-state index in [2.05, 4.69) is 0 Å². The van der Waals surface area contributed by atoms with E-state index < -0.39 is 34.9 Å². The van der Waals surface area contributed by atoms with E-state index in [1.807, 2.05) is 13.0 Å². The molecule has 44 heavy (non-hydrogen) atoms. The zero-order valence-electron chi connectivity index (χ0n) is 25.1. The van der Waals surface area contributed by atoms with Gasteiger partial charge in [-0.3, -0.25) is 0 Å². The fraction of sp³-hybridized carbons (Fsp3) is 0.444. The molecule has 0 aliphatic heterocycles. The number of hydrogen-bond donors (Lipinski definition) is 0. The monoisotopic (exact) mass is 616 g/mol. The van der Waals surface area contributed by atoms with Crippen molar-refractivity contribution in [3.63, 3.8) is 0 Å². The van der Waals surface area contributed by atoms with Crippen molar-refractivity contribution in [1.29, 1.82) is 0 Å². The molecule has 8 heteroatoms. The van der Waals surface area contributed by atoms with Gasteiger partial charge in [0.15, 0.2) is 34.8 Å². The summed E-state index contributed by atoms with van der Waals surface area (Å²) in [7, 11) is 0. The number of aryl methyl sites for hydroxylation is 1. The molecule has 236 valence electrons. The Morgan fingerprint density at radius 1 is 0.614 bits per heavy atom. The lowest BCUT2D eigenvalue weighted by Crippen LogP contribution is -2.26. The van der Waals surface area contributed by atoms with Crippen LogP contribution in [0.25, 0.3) is 16.7 Å². The average Bonchev–Trinajstić information content (AvgIpc) is 3.04. The molecule has 3 aromatic rings. The average molecular weight is 617 g/mol. The zero-order valence-corrected chi connectivity index (χ0v) is 25.1. The van der Waals surface area contributed by atoms with Crippen LogP contribution in [0.15, 0.2) is 42.5 Å². The van der Waals surface area contributed by atoms with Gasteiger partial charge in [0.05, 0.1) is 13.2 Å². The van der Waals surface area contributed by atoms with E-state index in [1.54, 1.807) is 13.0 Å². The molecule has 0 aromatic heterocycles. The first-order chi connectivity index (χ1) is 21.2. The van der Waals surface area contributed by atoms with Crippen LogP contribution in [0.1, 0.15) is 76.3 Å². The standard InChI is InChI=1S/C36H38F6O2/c1-3-5-25-14-15-27(33(39)31(25)37)28-17-19-30(36(42)34(28)40)44-20-21-6-8-22(9-7-21)23-10-12-24(13-11-23)26-16-18-29(43-4-2)35(41)32(26)38/h12,14-19,21-23H,3-11,13,20H2,1-2H3. The SMILES string of the molecule is CCCc1ccc(-c2ccc(OCC3CCC(C4CC=C(c5ccc(OCC)c(F)c5F)CC4)CC3)c(F)c2F)c(F)c1F. The first-order valence-corrected chi connectivity index (χ1v) is 15.6. The Morgan fingerprint density at radius 2 is 1.20 bits per heavy atom. The number of hydrogen-bond acceptors (Lipinski definition) is 2. The highest BCUT2D eigenvalue weighted by atomic mass is 19.2. The molecule has 1 atom stereocenters. The molecule has 0 bridgehead atoms. The molecular formula is C36H38F6O2. The summed E-state index contributed by atoms with van der Waals surface area (Å²) in [5, 5.41) is 0. The van der Waals surface area contributed by atoms with E-state index >= 15 is 0 Å². The van der Waals surface area contributed by atoms with Crippen molar-refractivity contribution < 1.29 is 35.8 Å². The molecule has 2 aliphatic carbocycles. The van der Waals surface area contributed by atoms with Gasteiger partial charge in [-0.05, 0) is 111 Å². The maximum atomic E-state index is 15.0. The second-order valence-electron chi connectivity index (χ2n) is 11.9. The van der Waals surface area contributed by atoms with Gasteiger partial charge in [-0.1, -0.05) is 31.6 Å². The van der Waals surface area contributed by atoms with Gasteiger partial charge < -0.3 is 9.47 Å². The Morgan fingerprint density at radius 3 is 1.82 bits per heavy atom. The highest BCUT2D eigenvalue weighted by molar-refractivity contribution is 5.68. The summed E-state index contributed by atoms with van der Waals surface area (Å²) in [5.41, 5.74) is 0.638. The largest absolute Gasteiger partial charge is 0.491 e. The van der Waals surface area contributed by atoms with Crippen LogP contribution in [0.2, 0.25) is 0 Å². The zero-order chi connectivity index (χ0) is 31.4. The van der Waals surface area contributed by atoms with E-state index in [0.717, 1.165) is 44.1 Å². The molecule has 0 radical (unpaired) electrons. The predicted octanol–water partition coefficient (Wildman–Crippen LogP) is 10.6. The first kappa shape index (κ1) is 32.0. The van der Waals surface area contributed by atoms with Crippen molar-refractivity contribution in [1.82, 2.24) is 0 Å². The molecule has 1 unspecified atom stereocenters. The Balaban J connectivity index is 1.14. The minimum atomic E-state index is -1.27. The minimum absolute atomic E-state index is 0.0752. The lowest BCUT2D eigenvalue weighted by molar-refractivity contribution is 0.146. The number of halogens is 6. The van der Waals surface area contributed by atoms with Gasteiger partial charge in [-0.25, -0.2) is 17.6 Å². The van der Waals surface area contributed by atoms with E-state index in [1.165, 1.54) is 30.3 Å². The first-order valence-electron chi connectivity index (χ1n) is 15.6. The summed E-state index contributed by atoms with van der Waals surface area (Å²) in [6, 6.07) is 8.24. The van der Waals surface area contributed by atoms with Crippen LogP contribution < -0.4 is 9.47 Å². The number of rotatable bonds is 10. The van der Waals surface area contributed by atoms with Crippen molar-refractivity contribution >= 4 is 5.57 Å². The lowest BCUT2D eigenvalue weighted by atomic mass is 9.71. The third kappa shape index (κ3) is 6.64. The van der Waals surface area contributed by atoms with Gasteiger partial charge in [0.2, 0.25) is 11.6 Å². The Kier molecular flexibility index (Phi) is 10.3. The number of allylic oxidation sites excluding steroid dienone is 2. The summed E-state index contributed by atoms with van der Waals surface area (Å²) in [6.45, 7) is 4.05. The van der Waals surface area contributed by atoms with Crippen molar-refractivity contribution in [2.45, 2.75) is 71.6 Å². The van der Waals surface area contributed by atoms with E-state index in [9.17, 15) is 26.3 Å². The maximum Gasteiger partial charge on any atom is 0.201 e. The molecule has 0 heterocycles. The molecule has 0 spiro atoms. The molecular weight excluding hydrogens is 578 g/mol. The van der Waals surface area contributed by atoms with Crippen molar-refractivity contribution in [2.75, 3.05) is 13.2 Å². The predicted molar refractivity (Wildman–Crippen MR) is 159 cm³/mol. The van der Waals surface area contributed by atoms with Gasteiger partial charge in [0, 0.05) is 16.7 Å². The molecule has 2 aliphatic rings. The van der Waals surface area contributed by atoms with Crippen LogP contribution in [-0.4, -0.2) is 13.2 Å². The van der Waals surface area contributed by atoms with Crippen LogP contribution in [0.5, 0.6) is 11.5 Å². The highest BCUT2D eigenvalue weighted by Crippen LogP contribution is 2.42. The lowest BCUT2D eigenvalue weighted by Gasteiger charge is -2.35. The van der Waals surface area contributed by atoms with Crippen molar-refractivity contribution in [2.24, 2.45) is 17.8 Å². The fourth-order valence-corrected chi connectivity index (χ4v) is 6.72.